The maximum Gasteiger partial charge on any atom is 0.346 e. The van der Waals surface area contributed by atoms with Gasteiger partial charge in [0.05, 0.1) is 0 Å². The van der Waals surface area contributed by atoms with Crippen molar-refractivity contribution in [1.82, 2.24) is 19.7 Å². The first-order valence-corrected chi connectivity index (χ1v) is 8.63. The predicted octanol–water partition coefficient (Wildman–Crippen LogP) is 1.99. The molecule has 0 bridgehead atoms. The molecule has 0 unspecified atom stereocenters. The highest BCUT2D eigenvalue weighted by Gasteiger charge is 2.15. The summed E-state index contributed by atoms with van der Waals surface area (Å²) < 4.78 is 8.23. The van der Waals surface area contributed by atoms with Gasteiger partial charge in [0.15, 0.2) is 5.82 Å². The number of aryl methyl sites for hydroxylation is 1. The van der Waals surface area contributed by atoms with Crippen LogP contribution in [0.1, 0.15) is 18.4 Å². The van der Waals surface area contributed by atoms with Crippen LogP contribution in [0.15, 0.2) is 51.7 Å². The van der Waals surface area contributed by atoms with E-state index in [9.17, 15) is 9.59 Å². The Balaban J connectivity index is 1.66. The summed E-state index contributed by atoms with van der Waals surface area (Å²) in [7, 11) is 0. The minimum absolute atomic E-state index is 0.108. The number of rotatable bonds is 7. The molecule has 0 aliphatic carbocycles. The molecule has 0 saturated heterocycles. The molecule has 3 rings (SSSR count). The van der Waals surface area contributed by atoms with Crippen LogP contribution in [0, 0.1) is 6.92 Å². The predicted molar refractivity (Wildman–Crippen MR) is 97.8 cm³/mol. The summed E-state index contributed by atoms with van der Waals surface area (Å²) in [6.45, 7) is 4.58. The summed E-state index contributed by atoms with van der Waals surface area (Å²) in [5, 5.41) is 7.14. The second kappa shape index (κ2) is 7.86. The van der Waals surface area contributed by atoms with E-state index in [-0.39, 0.29) is 18.1 Å². The Hall–Kier alpha value is -3.09. The number of amides is 1. The van der Waals surface area contributed by atoms with E-state index in [4.69, 9.17) is 4.42 Å². The zero-order valence-electron chi connectivity index (χ0n) is 14.9. The molecule has 0 aliphatic rings. The molecule has 7 heteroatoms. The Morgan fingerprint density at radius 3 is 2.62 bits per heavy atom. The van der Waals surface area contributed by atoms with Crippen LogP contribution >= 0.6 is 0 Å². The molecule has 0 spiro atoms. The Bertz CT molecular complexity index is 937. The highest BCUT2D eigenvalue weighted by atomic mass is 16.3. The Morgan fingerprint density at radius 2 is 1.96 bits per heavy atom. The van der Waals surface area contributed by atoms with Crippen LogP contribution in [-0.4, -0.2) is 26.8 Å². The van der Waals surface area contributed by atoms with Gasteiger partial charge in [0, 0.05) is 25.1 Å². The highest BCUT2D eigenvalue weighted by Crippen LogP contribution is 2.14. The molecule has 0 atom stereocenters. The molecule has 0 radical (unpaired) electrons. The number of carbonyl (C=O) groups is 1. The average molecular weight is 354 g/mol. The van der Waals surface area contributed by atoms with Crippen molar-refractivity contribution in [2.45, 2.75) is 33.4 Å². The maximum absolute atomic E-state index is 12.5. The minimum Gasteiger partial charge on any atom is -0.466 e. The van der Waals surface area contributed by atoms with Crippen molar-refractivity contribution in [3.63, 3.8) is 0 Å². The fraction of sp³-hybridized carbons (Fsp3) is 0.316. The quantitative estimate of drug-likeness (QED) is 0.703. The standard InChI is InChI=1S/C19H22N4O3/c1-3-22-18(15-7-5-4-6-8-15)21-23(19(22)25)13-17(24)20-12-11-16-10-9-14(2)26-16/h4-10H,3,11-13H2,1-2H3,(H,20,24). The van der Waals surface area contributed by atoms with Gasteiger partial charge in [0.1, 0.15) is 18.1 Å². The van der Waals surface area contributed by atoms with Gasteiger partial charge in [-0.3, -0.25) is 9.36 Å². The number of nitrogens with one attached hydrogen (secondary N) is 1. The van der Waals surface area contributed by atoms with Gasteiger partial charge in [-0.15, -0.1) is 5.10 Å². The van der Waals surface area contributed by atoms with E-state index in [0.29, 0.717) is 25.3 Å². The zero-order valence-corrected chi connectivity index (χ0v) is 14.9. The molecule has 26 heavy (non-hydrogen) atoms. The smallest absolute Gasteiger partial charge is 0.346 e. The molecule has 2 heterocycles. The third-order valence-electron chi connectivity index (χ3n) is 4.05. The molecule has 136 valence electrons. The summed E-state index contributed by atoms with van der Waals surface area (Å²) in [4.78, 5) is 24.7. The van der Waals surface area contributed by atoms with Gasteiger partial charge >= 0.3 is 5.69 Å². The van der Waals surface area contributed by atoms with Crippen LogP contribution in [0.25, 0.3) is 11.4 Å². The fourth-order valence-corrected chi connectivity index (χ4v) is 2.77. The van der Waals surface area contributed by atoms with Crippen molar-refractivity contribution in [2.75, 3.05) is 6.54 Å². The number of benzene rings is 1. The first-order chi connectivity index (χ1) is 12.6. The van der Waals surface area contributed by atoms with Crippen LogP contribution in [-0.2, 0) is 24.3 Å². The lowest BCUT2D eigenvalue weighted by molar-refractivity contribution is -0.121. The molecule has 0 fully saturated rings. The largest absolute Gasteiger partial charge is 0.466 e. The number of hydrogen-bond acceptors (Lipinski definition) is 4. The molecular weight excluding hydrogens is 332 g/mol. The molecule has 3 aromatic rings. The van der Waals surface area contributed by atoms with Crippen molar-refractivity contribution in [1.29, 1.82) is 0 Å². The van der Waals surface area contributed by atoms with Gasteiger partial charge < -0.3 is 9.73 Å². The molecule has 0 aliphatic heterocycles. The molecular formula is C19H22N4O3. The second-order valence-electron chi connectivity index (χ2n) is 5.99. The third-order valence-corrected chi connectivity index (χ3v) is 4.05. The number of carbonyl (C=O) groups excluding carboxylic acids is 1. The van der Waals surface area contributed by atoms with Crippen LogP contribution in [0.2, 0.25) is 0 Å². The first kappa shape index (κ1) is 17.7. The SMILES string of the molecule is CCn1c(-c2ccccc2)nn(CC(=O)NCCc2ccc(C)o2)c1=O. The molecule has 1 amide bonds. The van der Waals surface area contributed by atoms with Gasteiger partial charge in [-0.1, -0.05) is 30.3 Å². The Labute approximate surface area is 151 Å². The van der Waals surface area contributed by atoms with Crippen LogP contribution < -0.4 is 11.0 Å². The molecule has 7 nitrogen and oxygen atoms in total. The molecule has 0 saturated carbocycles. The van der Waals surface area contributed by atoms with Gasteiger partial charge in [0.2, 0.25) is 5.91 Å². The van der Waals surface area contributed by atoms with Crippen molar-refractivity contribution in [2.24, 2.45) is 0 Å². The second-order valence-corrected chi connectivity index (χ2v) is 5.99. The van der Waals surface area contributed by atoms with E-state index in [1.165, 1.54) is 4.68 Å². The highest BCUT2D eigenvalue weighted by molar-refractivity contribution is 5.75. The number of furan rings is 1. The third kappa shape index (κ3) is 3.93. The van der Waals surface area contributed by atoms with Crippen molar-refractivity contribution >= 4 is 5.91 Å². The number of hydrogen-bond donors (Lipinski definition) is 1. The molecule has 1 N–H and O–H groups in total. The Kier molecular flexibility index (Phi) is 5.36. The lowest BCUT2D eigenvalue weighted by Crippen LogP contribution is -2.34. The normalized spacial score (nSPS) is 10.8. The van der Waals surface area contributed by atoms with Gasteiger partial charge in [-0.25, -0.2) is 9.48 Å². The van der Waals surface area contributed by atoms with Gasteiger partial charge in [-0.2, -0.15) is 0 Å². The monoisotopic (exact) mass is 354 g/mol. The van der Waals surface area contributed by atoms with Crippen LogP contribution in [0.4, 0.5) is 0 Å². The number of aromatic nitrogens is 3. The lowest BCUT2D eigenvalue weighted by Gasteiger charge is -2.03. The maximum atomic E-state index is 12.5. The lowest BCUT2D eigenvalue weighted by atomic mass is 10.2. The minimum atomic E-state index is -0.289. The summed E-state index contributed by atoms with van der Waals surface area (Å²) in [5.74, 6) is 1.98. The average Bonchev–Trinajstić information content (AvgIpc) is 3.19. The molecule has 2 aromatic heterocycles. The Morgan fingerprint density at radius 1 is 1.19 bits per heavy atom. The van der Waals surface area contributed by atoms with Gasteiger partial charge in [0.25, 0.3) is 0 Å². The van der Waals surface area contributed by atoms with E-state index >= 15 is 0 Å². The van der Waals surface area contributed by atoms with Crippen molar-refractivity contribution in [3.8, 4) is 11.4 Å². The van der Waals surface area contributed by atoms with Gasteiger partial charge in [-0.05, 0) is 26.0 Å². The summed E-state index contributed by atoms with van der Waals surface area (Å²) >= 11 is 0. The van der Waals surface area contributed by atoms with E-state index in [1.807, 2.05) is 56.3 Å². The van der Waals surface area contributed by atoms with Crippen LogP contribution in [0.3, 0.4) is 0 Å². The van der Waals surface area contributed by atoms with Crippen molar-refractivity contribution < 1.29 is 9.21 Å². The zero-order chi connectivity index (χ0) is 18.5. The topological polar surface area (TPSA) is 82.1 Å². The summed E-state index contributed by atoms with van der Waals surface area (Å²) in [6.07, 6.45) is 0.604. The summed E-state index contributed by atoms with van der Waals surface area (Å²) in [5.41, 5.74) is 0.557. The van der Waals surface area contributed by atoms with Crippen molar-refractivity contribution in [3.05, 3.63) is 64.5 Å². The number of nitrogens with zero attached hydrogens (tertiary/aromatic N) is 3. The summed E-state index contributed by atoms with van der Waals surface area (Å²) in [6, 6.07) is 13.3. The van der Waals surface area contributed by atoms with E-state index in [0.717, 1.165) is 17.1 Å². The van der Waals surface area contributed by atoms with E-state index in [1.54, 1.807) is 4.57 Å². The first-order valence-electron chi connectivity index (χ1n) is 8.63. The molecule has 1 aromatic carbocycles. The van der Waals surface area contributed by atoms with E-state index in [2.05, 4.69) is 10.4 Å². The van der Waals surface area contributed by atoms with Crippen LogP contribution in [0.5, 0.6) is 0 Å². The fourth-order valence-electron chi connectivity index (χ4n) is 2.77. The van der Waals surface area contributed by atoms with E-state index < -0.39 is 0 Å².